The van der Waals surface area contributed by atoms with Gasteiger partial charge < -0.3 is 19.9 Å². The molecule has 0 spiro atoms. The highest BCUT2D eigenvalue weighted by atomic mass is 35.5. The Morgan fingerprint density at radius 3 is 2.56 bits per heavy atom. The number of likely N-dealkylation sites (N-methyl/N-ethyl adjacent to an activating group) is 1. The van der Waals surface area contributed by atoms with Crippen molar-refractivity contribution in [3.05, 3.63) is 58.9 Å². The molecule has 0 radical (unpaired) electrons. The van der Waals surface area contributed by atoms with Gasteiger partial charge in [-0.15, -0.1) is 0 Å². The molecule has 0 unspecified atom stereocenters. The lowest BCUT2D eigenvalue weighted by Crippen LogP contribution is -2.44. The molecule has 2 aromatic carbocycles. The minimum Gasteiger partial charge on any atom is -0.497 e. The van der Waals surface area contributed by atoms with Gasteiger partial charge in [-0.1, -0.05) is 29.8 Å². The Morgan fingerprint density at radius 1 is 1.03 bits per heavy atom. The van der Waals surface area contributed by atoms with Crippen molar-refractivity contribution in [1.82, 2.24) is 19.8 Å². The Labute approximate surface area is 194 Å². The zero-order chi connectivity index (χ0) is 22.3. The van der Waals surface area contributed by atoms with E-state index >= 15 is 0 Å². The van der Waals surface area contributed by atoms with Crippen molar-refractivity contribution >= 4 is 40.5 Å². The first-order valence-electron chi connectivity index (χ1n) is 11.0. The Morgan fingerprint density at radius 2 is 1.81 bits per heavy atom. The molecule has 32 heavy (non-hydrogen) atoms. The third-order valence-corrected chi connectivity index (χ3v) is 5.99. The van der Waals surface area contributed by atoms with E-state index in [2.05, 4.69) is 22.2 Å². The van der Waals surface area contributed by atoms with Crippen LogP contribution < -0.4 is 10.1 Å². The van der Waals surface area contributed by atoms with Crippen molar-refractivity contribution in [1.29, 1.82) is 0 Å². The molecule has 168 valence electrons. The van der Waals surface area contributed by atoms with E-state index in [0.717, 1.165) is 73.7 Å². The number of piperazine rings is 1. The van der Waals surface area contributed by atoms with Crippen molar-refractivity contribution in [3.8, 4) is 5.75 Å². The molecule has 0 saturated carbocycles. The second-order valence-electron chi connectivity index (χ2n) is 8.12. The topological polar surface area (TPSA) is 53.5 Å². The lowest BCUT2D eigenvalue weighted by molar-refractivity contribution is 0.154. The lowest BCUT2D eigenvalue weighted by atomic mass is 10.2. The predicted octanol–water partition coefficient (Wildman–Crippen LogP) is 4.51. The van der Waals surface area contributed by atoms with Crippen LogP contribution in [0, 0.1) is 0 Å². The van der Waals surface area contributed by atoms with Crippen LogP contribution in [-0.2, 0) is 0 Å². The van der Waals surface area contributed by atoms with Crippen molar-refractivity contribution in [2.24, 2.45) is 0 Å². The van der Waals surface area contributed by atoms with Crippen LogP contribution in [0.1, 0.15) is 17.8 Å². The maximum Gasteiger partial charge on any atom is 0.154 e. The van der Waals surface area contributed by atoms with Crippen LogP contribution in [0.5, 0.6) is 5.75 Å². The third kappa shape index (κ3) is 5.97. The second-order valence-corrected chi connectivity index (χ2v) is 8.56. The normalized spacial score (nSPS) is 15.5. The van der Waals surface area contributed by atoms with E-state index in [1.807, 2.05) is 54.6 Å². The average molecular weight is 452 g/mol. The van der Waals surface area contributed by atoms with Gasteiger partial charge in [-0.25, -0.2) is 9.97 Å². The molecule has 0 aliphatic carbocycles. The maximum atomic E-state index is 6.23. The molecule has 0 amide bonds. The fourth-order valence-electron chi connectivity index (χ4n) is 3.80. The van der Waals surface area contributed by atoms with Crippen LogP contribution in [0.15, 0.2) is 42.5 Å². The highest BCUT2D eigenvalue weighted by Gasteiger charge is 2.13. The number of anilines is 1. The quantitative estimate of drug-likeness (QED) is 0.508. The number of fused-ring (bicyclic) bond motifs is 1. The molecule has 1 fully saturated rings. The van der Waals surface area contributed by atoms with E-state index in [1.54, 1.807) is 7.11 Å². The molecule has 1 aliphatic rings. The van der Waals surface area contributed by atoms with Gasteiger partial charge in [-0.3, -0.25) is 0 Å². The molecule has 1 N–H and O–H groups in total. The Hall–Kier alpha value is -2.67. The first-order valence-corrected chi connectivity index (χ1v) is 11.4. The maximum absolute atomic E-state index is 6.23. The number of ether oxygens (including phenoxy) is 1. The van der Waals surface area contributed by atoms with Crippen LogP contribution in [0.4, 0.5) is 5.82 Å². The summed E-state index contributed by atoms with van der Waals surface area (Å²) in [5.74, 6) is 2.33. The average Bonchev–Trinajstić information content (AvgIpc) is 2.81. The fraction of sp³-hybridized carbons (Fsp3) is 0.360. The summed E-state index contributed by atoms with van der Waals surface area (Å²) in [5, 5.41) is 5.18. The molecular weight excluding hydrogens is 422 g/mol. The molecule has 2 heterocycles. The van der Waals surface area contributed by atoms with Crippen LogP contribution >= 0.6 is 11.6 Å². The zero-order valence-electron chi connectivity index (χ0n) is 18.7. The van der Waals surface area contributed by atoms with Gasteiger partial charge in [0.05, 0.1) is 12.6 Å². The van der Waals surface area contributed by atoms with Crippen molar-refractivity contribution < 1.29 is 4.74 Å². The number of benzene rings is 2. The molecule has 1 aromatic heterocycles. The smallest absolute Gasteiger partial charge is 0.154 e. The van der Waals surface area contributed by atoms with Crippen molar-refractivity contribution in [3.63, 3.8) is 0 Å². The molecule has 0 atom stereocenters. The molecule has 4 rings (SSSR count). The van der Waals surface area contributed by atoms with Gasteiger partial charge in [0.1, 0.15) is 11.6 Å². The summed E-state index contributed by atoms with van der Waals surface area (Å²) in [6.45, 7) is 6.54. The SMILES string of the molecule is COc1ccc(/C=C/c2nc(NCCCN3CCN(C)CC3)c3ccc(Cl)cc3n2)cc1. The summed E-state index contributed by atoms with van der Waals surface area (Å²) in [7, 11) is 3.85. The van der Waals surface area contributed by atoms with Gasteiger partial charge in [0.15, 0.2) is 5.82 Å². The number of nitrogens with zero attached hydrogens (tertiary/aromatic N) is 4. The van der Waals surface area contributed by atoms with Crippen molar-refractivity contribution in [2.45, 2.75) is 6.42 Å². The van der Waals surface area contributed by atoms with E-state index in [4.69, 9.17) is 26.3 Å². The number of hydrogen-bond donors (Lipinski definition) is 1. The summed E-state index contributed by atoms with van der Waals surface area (Å²) in [5.41, 5.74) is 1.89. The third-order valence-electron chi connectivity index (χ3n) is 5.76. The van der Waals surface area contributed by atoms with E-state index in [1.165, 1.54) is 0 Å². The molecule has 7 heteroatoms. The van der Waals surface area contributed by atoms with Crippen LogP contribution in [-0.4, -0.2) is 73.2 Å². The fourth-order valence-corrected chi connectivity index (χ4v) is 3.96. The van der Waals surface area contributed by atoms with Gasteiger partial charge in [0.2, 0.25) is 0 Å². The van der Waals surface area contributed by atoms with Gasteiger partial charge in [-0.2, -0.15) is 0 Å². The molecule has 3 aromatic rings. The van der Waals surface area contributed by atoms with E-state index < -0.39 is 0 Å². The molecular formula is C25H30ClN5O. The summed E-state index contributed by atoms with van der Waals surface area (Å²) in [6, 6.07) is 13.6. The molecule has 6 nitrogen and oxygen atoms in total. The first-order chi connectivity index (χ1) is 15.6. The van der Waals surface area contributed by atoms with Gasteiger partial charge in [0, 0.05) is 43.1 Å². The standard InChI is InChI=1S/C25H30ClN5O/c1-30-14-16-31(17-15-30)13-3-12-27-25-22-10-7-20(26)18-23(22)28-24(29-25)11-6-19-4-8-21(32-2)9-5-19/h4-11,18H,3,12-17H2,1-2H3,(H,27,28,29)/b11-6+. The Balaban J connectivity index is 1.46. The Bertz CT molecular complexity index is 1060. The van der Waals surface area contributed by atoms with Gasteiger partial charge in [-0.05, 0) is 62.0 Å². The monoisotopic (exact) mass is 451 g/mol. The number of aromatic nitrogens is 2. The summed E-state index contributed by atoms with van der Waals surface area (Å²) in [4.78, 5) is 14.4. The van der Waals surface area contributed by atoms with E-state index in [-0.39, 0.29) is 0 Å². The number of nitrogens with one attached hydrogen (secondary N) is 1. The number of halogens is 1. The molecule has 0 bridgehead atoms. The molecule has 1 saturated heterocycles. The number of methoxy groups -OCH3 is 1. The minimum absolute atomic E-state index is 0.650. The largest absolute Gasteiger partial charge is 0.497 e. The van der Waals surface area contributed by atoms with Crippen LogP contribution in [0.25, 0.3) is 23.1 Å². The lowest BCUT2D eigenvalue weighted by Gasteiger charge is -2.32. The van der Waals surface area contributed by atoms with Gasteiger partial charge in [0.25, 0.3) is 0 Å². The summed E-state index contributed by atoms with van der Waals surface area (Å²) in [6.07, 6.45) is 5.00. The molecule has 1 aliphatic heterocycles. The second kappa shape index (κ2) is 10.8. The Kier molecular flexibility index (Phi) is 7.58. The van der Waals surface area contributed by atoms with Crippen molar-refractivity contribution in [2.75, 3.05) is 58.7 Å². The number of hydrogen-bond acceptors (Lipinski definition) is 6. The highest BCUT2D eigenvalue weighted by molar-refractivity contribution is 6.31. The van der Waals surface area contributed by atoms with E-state index in [0.29, 0.717) is 10.8 Å². The van der Waals surface area contributed by atoms with Crippen LogP contribution in [0.2, 0.25) is 5.02 Å². The minimum atomic E-state index is 0.650. The highest BCUT2D eigenvalue weighted by Crippen LogP contribution is 2.24. The van der Waals surface area contributed by atoms with E-state index in [9.17, 15) is 0 Å². The summed E-state index contributed by atoms with van der Waals surface area (Å²) >= 11 is 6.23. The zero-order valence-corrected chi connectivity index (χ0v) is 19.5. The van der Waals surface area contributed by atoms with Crippen LogP contribution in [0.3, 0.4) is 0 Å². The predicted molar refractivity (Wildman–Crippen MR) is 134 cm³/mol. The van der Waals surface area contributed by atoms with Gasteiger partial charge >= 0.3 is 0 Å². The summed E-state index contributed by atoms with van der Waals surface area (Å²) < 4.78 is 5.22. The number of rotatable bonds is 8. The first kappa shape index (κ1) is 22.5.